The lowest BCUT2D eigenvalue weighted by molar-refractivity contribution is 0.947. The Bertz CT molecular complexity index is 717. The van der Waals surface area contributed by atoms with Crippen LogP contribution in [0.2, 0.25) is 0 Å². The van der Waals surface area contributed by atoms with E-state index in [1.54, 1.807) is 12.5 Å². The molecule has 0 bridgehead atoms. The molecule has 3 aromatic rings. The first-order chi connectivity index (χ1) is 9.29. The van der Waals surface area contributed by atoms with Crippen molar-refractivity contribution in [3.8, 4) is 0 Å². The highest BCUT2D eigenvalue weighted by atomic mass is 15.1. The number of fused-ring (bicyclic) bond motifs is 1. The van der Waals surface area contributed by atoms with Gasteiger partial charge in [-0.15, -0.1) is 0 Å². The summed E-state index contributed by atoms with van der Waals surface area (Å²) in [4.78, 5) is 8.74. The number of aromatic nitrogens is 3. The molecule has 1 aromatic carbocycles. The third-order valence-electron chi connectivity index (χ3n) is 3.13. The first-order valence-electron chi connectivity index (χ1n) is 6.10. The van der Waals surface area contributed by atoms with Crippen LogP contribution < -0.4 is 11.1 Å². The van der Waals surface area contributed by atoms with Crippen molar-refractivity contribution >= 4 is 22.5 Å². The summed E-state index contributed by atoms with van der Waals surface area (Å²) in [7, 11) is 1.97. The SMILES string of the molecule is Cn1cnc2c(Nc3ccccc3CN)nccc21. The molecule has 0 amide bonds. The van der Waals surface area contributed by atoms with E-state index in [4.69, 9.17) is 5.73 Å². The van der Waals surface area contributed by atoms with Crippen molar-refractivity contribution in [1.29, 1.82) is 0 Å². The van der Waals surface area contributed by atoms with Crippen molar-refractivity contribution < 1.29 is 0 Å². The van der Waals surface area contributed by atoms with Crippen molar-refractivity contribution in [3.63, 3.8) is 0 Å². The molecule has 3 N–H and O–H groups in total. The first kappa shape index (κ1) is 11.7. The molecule has 19 heavy (non-hydrogen) atoms. The third kappa shape index (κ3) is 2.04. The number of nitrogens with two attached hydrogens (primary N) is 1. The number of anilines is 2. The molecule has 0 spiro atoms. The fourth-order valence-electron chi connectivity index (χ4n) is 2.10. The fourth-order valence-corrected chi connectivity index (χ4v) is 2.10. The monoisotopic (exact) mass is 253 g/mol. The molecule has 0 aliphatic rings. The molecule has 3 rings (SSSR count). The van der Waals surface area contributed by atoms with Crippen LogP contribution in [0.25, 0.3) is 11.0 Å². The molecular weight excluding hydrogens is 238 g/mol. The molecule has 0 unspecified atom stereocenters. The lowest BCUT2D eigenvalue weighted by Crippen LogP contribution is -2.02. The van der Waals surface area contributed by atoms with E-state index in [-0.39, 0.29) is 0 Å². The molecule has 0 fully saturated rings. The van der Waals surface area contributed by atoms with Crippen molar-refractivity contribution in [3.05, 3.63) is 48.4 Å². The maximum Gasteiger partial charge on any atom is 0.158 e. The number of hydrogen-bond acceptors (Lipinski definition) is 4. The van der Waals surface area contributed by atoms with Gasteiger partial charge in [-0.25, -0.2) is 9.97 Å². The van der Waals surface area contributed by atoms with Crippen LogP contribution in [0.15, 0.2) is 42.9 Å². The van der Waals surface area contributed by atoms with E-state index in [0.29, 0.717) is 6.54 Å². The molecule has 96 valence electrons. The Morgan fingerprint density at radius 2 is 2.05 bits per heavy atom. The topological polar surface area (TPSA) is 68.8 Å². The maximum absolute atomic E-state index is 5.74. The predicted molar refractivity (Wildman–Crippen MR) is 76.1 cm³/mol. The van der Waals surface area contributed by atoms with E-state index in [0.717, 1.165) is 28.1 Å². The Balaban J connectivity index is 2.06. The summed E-state index contributed by atoms with van der Waals surface area (Å²) >= 11 is 0. The van der Waals surface area contributed by atoms with Crippen LogP contribution in [-0.4, -0.2) is 14.5 Å². The van der Waals surface area contributed by atoms with E-state index >= 15 is 0 Å². The molecule has 5 nitrogen and oxygen atoms in total. The molecule has 0 saturated carbocycles. The molecule has 2 heterocycles. The van der Waals surface area contributed by atoms with Crippen molar-refractivity contribution in [1.82, 2.24) is 14.5 Å². The zero-order valence-electron chi connectivity index (χ0n) is 10.7. The number of nitrogens with one attached hydrogen (secondary N) is 1. The Morgan fingerprint density at radius 3 is 2.89 bits per heavy atom. The lowest BCUT2D eigenvalue weighted by atomic mass is 10.2. The van der Waals surface area contributed by atoms with Gasteiger partial charge in [0.2, 0.25) is 0 Å². The summed E-state index contributed by atoms with van der Waals surface area (Å²) < 4.78 is 1.97. The zero-order valence-corrected chi connectivity index (χ0v) is 10.7. The minimum atomic E-state index is 0.487. The summed E-state index contributed by atoms with van der Waals surface area (Å²) in [6.45, 7) is 0.487. The minimum Gasteiger partial charge on any atom is -0.338 e. The van der Waals surface area contributed by atoms with E-state index in [2.05, 4.69) is 15.3 Å². The average molecular weight is 253 g/mol. The van der Waals surface area contributed by atoms with Gasteiger partial charge in [-0.1, -0.05) is 18.2 Å². The van der Waals surface area contributed by atoms with Crippen LogP contribution in [0, 0.1) is 0 Å². The van der Waals surface area contributed by atoms with Gasteiger partial charge in [0.25, 0.3) is 0 Å². The molecule has 0 radical (unpaired) electrons. The van der Waals surface area contributed by atoms with E-state index in [1.165, 1.54) is 0 Å². The second kappa shape index (κ2) is 4.70. The normalized spacial score (nSPS) is 10.8. The van der Waals surface area contributed by atoms with Crippen LogP contribution in [0.4, 0.5) is 11.5 Å². The maximum atomic E-state index is 5.74. The second-order valence-corrected chi connectivity index (χ2v) is 4.37. The fraction of sp³-hybridized carbons (Fsp3) is 0.143. The van der Waals surface area contributed by atoms with Crippen LogP contribution in [-0.2, 0) is 13.6 Å². The predicted octanol–water partition coefficient (Wildman–Crippen LogP) is 2.17. The van der Waals surface area contributed by atoms with Gasteiger partial charge in [-0.2, -0.15) is 0 Å². The lowest BCUT2D eigenvalue weighted by Gasteiger charge is -2.10. The Labute approximate surface area is 111 Å². The van der Waals surface area contributed by atoms with Gasteiger partial charge in [0.05, 0.1) is 11.8 Å². The summed E-state index contributed by atoms with van der Waals surface area (Å²) in [5.74, 6) is 0.749. The number of imidazole rings is 1. The Kier molecular flexibility index (Phi) is 2.89. The molecule has 0 atom stereocenters. The van der Waals surface area contributed by atoms with Gasteiger partial charge < -0.3 is 15.6 Å². The van der Waals surface area contributed by atoms with Gasteiger partial charge in [0.15, 0.2) is 5.82 Å². The average Bonchev–Trinajstić information content (AvgIpc) is 2.82. The smallest absolute Gasteiger partial charge is 0.158 e. The van der Waals surface area contributed by atoms with Gasteiger partial charge in [0, 0.05) is 25.5 Å². The number of nitrogens with zero attached hydrogens (tertiary/aromatic N) is 3. The number of pyridine rings is 1. The molecule has 0 aliphatic carbocycles. The number of benzene rings is 1. The summed E-state index contributed by atoms with van der Waals surface area (Å²) in [6.07, 6.45) is 3.56. The largest absolute Gasteiger partial charge is 0.338 e. The van der Waals surface area contributed by atoms with Crippen LogP contribution in [0.1, 0.15) is 5.56 Å². The number of para-hydroxylation sites is 1. The molecule has 0 saturated heterocycles. The van der Waals surface area contributed by atoms with Gasteiger partial charge >= 0.3 is 0 Å². The molecule has 5 heteroatoms. The number of hydrogen-bond donors (Lipinski definition) is 2. The summed E-state index contributed by atoms with van der Waals surface area (Å²) in [6, 6.07) is 9.89. The molecule has 0 aliphatic heterocycles. The van der Waals surface area contributed by atoms with Crippen LogP contribution in [0.5, 0.6) is 0 Å². The Hall–Kier alpha value is -2.40. The third-order valence-corrected chi connectivity index (χ3v) is 3.13. The van der Waals surface area contributed by atoms with Gasteiger partial charge in [0.1, 0.15) is 5.52 Å². The number of aryl methyl sites for hydroxylation is 1. The second-order valence-electron chi connectivity index (χ2n) is 4.37. The van der Waals surface area contributed by atoms with Crippen LogP contribution >= 0.6 is 0 Å². The Morgan fingerprint density at radius 1 is 1.21 bits per heavy atom. The van der Waals surface area contributed by atoms with Crippen LogP contribution in [0.3, 0.4) is 0 Å². The zero-order chi connectivity index (χ0) is 13.2. The van der Waals surface area contributed by atoms with E-state index < -0.39 is 0 Å². The van der Waals surface area contributed by atoms with E-state index in [9.17, 15) is 0 Å². The number of rotatable bonds is 3. The molecule has 2 aromatic heterocycles. The van der Waals surface area contributed by atoms with Gasteiger partial charge in [-0.05, 0) is 17.7 Å². The van der Waals surface area contributed by atoms with Crippen molar-refractivity contribution in [2.45, 2.75) is 6.54 Å². The minimum absolute atomic E-state index is 0.487. The quantitative estimate of drug-likeness (QED) is 0.750. The standard InChI is InChI=1S/C14H15N5/c1-19-9-17-13-12(19)6-7-16-14(13)18-11-5-3-2-4-10(11)8-15/h2-7,9H,8,15H2,1H3,(H,16,18). The first-order valence-corrected chi connectivity index (χ1v) is 6.10. The highest BCUT2D eigenvalue weighted by Crippen LogP contribution is 2.24. The summed E-state index contributed by atoms with van der Waals surface area (Å²) in [5, 5.41) is 3.31. The molecular formula is C14H15N5. The summed E-state index contributed by atoms with van der Waals surface area (Å²) in [5.41, 5.74) is 9.66. The van der Waals surface area contributed by atoms with Crippen molar-refractivity contribution in [2.75, 3.05) is 5.32 Å². The van der Waals surface area contributed by atoms with Crippen molar-refractivity contribution in [2.24, 2.45) is 12.8 Å². The highest BCUT2D eigenvalue weighted by molar-refractivity contribution is 5.88. The van der Waals surface area contributed by atoms with Gasteiger partial charge in [-0.3, -0.25) is 0 Å². The van der Waals surface area contributed by atoms with E-state index in [1.807, 2.05) is 41.9 Å². The highest BCUT2D eigenvalue weighted by Gasteiger charge is 2.08.